The number of para-hydroxylation sites is 1. The molecule has 0 radical (unpaired) electrons. The number of carboxylic acids is 1. The summed E-state index contributed by atoms with van der Waals surface area (Å²) in [5, 5.41) is 9.85. The van der Waals surface area contributed by atoms with Crippen molar-refractivity contribution >= 4 is 16.9 Å². The van der Waals surface area contributed by atoms with E-state index in [0.29, 0.717) is 12.0 Å². The molecule has 4 heteroatoms. The number of aromatic nitrogens is 1. The molecule has 1 heterocycles. The van der Waals surface area contributed by atoms with Gasteiger partial charge < -0.3 is 14.8 Å². The van der Waals surface area contributed by atoms with Crippen LogP contribution >= 0.6 is 0 Å². The van der Waals surface area contributed by atoms with Gasteiger partial charge in [0, 0.05) is 10.9 Å². The van der Waals surface area contributed by atoms with Crippen LogP contribution in [-0.2, 0) is 0 Å². The lowest BCUT2D eigenvalue weighted by Crippen LogP contribution is -2.03. The maximum absolute atomic E-state index is 11.2. The van der Waals surface area contributed by atoms with Crippen molar-refractivity contribution in [1.82, 2.24) is 4.98 Å². The van der Waals surface area contributed by atoms with E-state index in [2.05, 4.69) is 11.6 Å². The van der Waals surface area contributed by atoms with Crippen LogP contribution in [0.3, 0.4) is 0 Å². The zero-order valence-corrected chi connectivity index (χ0v) is 9.49. The Morgan fingerprint density at radius 2 is 2.18 bits per heavy atom. The fraction of sp³-hybridized carbons (Fsp3) is 0.154. The van der Waals surface area contributed by atoms with Crippen molar-refractivity contribution in [2.45, 2.75) is 6.92 Å². The zero-order chi connectivity index (χ0) is 12.4. The highest BCUT2D eigenvalue weighted by atomic mass is 16.5. The number of carboxylic acid groups (broad SMARTS) is 1. The number of hydrogen-bond donors (Lipinski definition) is 2. The third-order valence-electron chi connectivity index (χ3n) is 2.35. The van der Waals surface area contributed by atoms with Crippen LogP contribution in [0.25, 0.3) is 10.9 Å². The van der Waals surface area contributed by atoms with Crippen molar-refractivity contribution in [1.29, 1.82) is 0 Å². The highest BCUT2D eigenvalue weighted by Gasteiger charge is 2.18. The Morgan fingerprint density at radius 1 is 1.47 bits per heavy atom. The average molecular weight is 231 g/mol. The highest BCUT2D eigenvalue weighted by molar-refractivity contribution is 6.05. The quantitative estimate of drug-likeness (QED) is 0.795. The largest absolute Gasteiger partial charge is 0.477 e. The first kappa shape index (κ1) is 11.3. The van der Waals surface area contributed by atoms with Gasteiger partial charge in [-0.2, -0.15) is 0 Å². The van der Waals surface area contributed by atoms with Gasteiger partial charge in [0.2, 0.25) is 5.88 Å². The summed E-state index contributed by atoms with van der Waals surface area (Å²) >= 11 is 0. The second-order valence-corrected chi connectivity index (χ2v) is 3.93. The van der Waals surface area contributed by atoms with Gasteiger partial charge in [0.15, 0.2) is 0 Å². The fourth-order valence-electron chi connectivity index (χ4n) is 1.63. The molecular weight excluding hydrogens is 218 g/mol. The first-order valence-corrected chi connectivity index (χ1v) is 5.20. The van der Waals surface area contributed by atoms with Gasteiger partial charge in [-0.05, 0) is 18.6 Å². The smallest absolute Gasteiger partial charge is 0.341 e. The Kier molecular flexibility index (Phi) is 2.87. The molecule has 0 aliphatic rings. The van der Waals surface area contributed by atoms with Crippen LogP contribution in [-0.4, -0.2) is 22.7 Å². The summed E-state index contributed by atoms with van der Waals surface area (Å²) in [5.41, 5.74) is 1.75. The molecule has 0 spiro atoms. The standard InChI is InChI=1S/C13H13NO3/c1-8(2)7-17-12-11(13(15)16)9-5-3-4-6-10(9)14-12/h3-6,14H,1,7H2,2H3,(H,15,16). The number of H-pyrrole nitrogens is 1. The molecule has 0 fully saturated rings. The molecule has 0 saturated carbocycles. The SMILES string of the molecule is C=C(C)COc1[nH]c2ccccc2c1C(=O)O. The lowest BCUT2D eigenvalue weighted by Gasteiger charge is -2.04. The summed E-state index contributed by atoms with van der Waals surface area (Å²) in [7, 11) is 0. The summed E-state index contributed by atoms with van der Waals surface area (Å²) in [4.78, 5) is 14.2. The molecular formula is C13H13NO3. The predicted molar refractivity (Wildman–Crippen MR) is 65.6 cm³/mol. The minimum Gasteiger partial charge on any atom is -0.477 e. The van der Waals surface area contributed by atoms with Crippen molar-refractivity contribution in [2.75, 3.05) is 6.61 Å². The molecule has 0 bridgehead atoms. The van der Waals surface area contributed by atoms with Gasteiger partial charge in [-0.3, -0.25) is 0 Å². The number of hydrogen-bond acceptors (Lipinski definition) is 2. The molecule has 1 aromatic heterocycles. The molecule has 0 atom stereocenters. The number of carbonyl (C=O) groups is 1. The Balaban J connectivity index is 2.50. The monoisotopic (exact) mass is 231 g/mol. The van der Waals surface area contributed by atoms with Crippen LogP contribution < -0.4 is 4.74 Å². The number of aromatic carboxylic acids is 1. The highest BCUT2D eigenvalue weighted by Crippen LogP contribution is 2.28. The third-order valence-corrected chi connectivity index (χ3v) is 2.35. The minimum absolute atomic E-state index is 0.168. The molecule has 1 aromatic carbocycles. The average Bonchev–Trinajstić information content (AvgIpc) is 2.64. The summed E-state index contributed by atoms with van der Waals surface area (Å²) in [6, 6.07) is 7.20. The number of ether oxygens (including phenoxy) is 1. The third kappa shape index (κ3) is 2.15. The number of rotatable bonds is 4. The molecule has 2 rings (SSSR count). The summed E-state index contributed by atoms with van der Waals surface area (Å²) in [6.07, 6.45) is 0. The second kappa shape index (κ2) is 4.33. The van der Waals surface area contributed by atoms with E-state index < -0.39 is 5.97 Å². The second-order valence-electron chi connectivity index (χ2n) is 3.93. The van der Waals surface area contributed by atoms with Crippen molar-refractivity contribution in [3.05, 3.63) is 42.0 Å². The van der Waals surface area contributed by atoms with Crippen LogP contribution in [0, 0.1) is 0 Å². The number of benzene rings is 1. The van der Waals surface area contributed by atoms with Gasteiger partial charge in [0.05, 0.1) is 0 Å². The van der Waals surface area contributed by atoms with Crippen LogP contribution in [0.1, 0.15) is 17.3 Å². The van der Waals surface area contributed by atoms with Gasteiger partial charge >= 0.3 is 5.97 Å². The topological polar surface area (TPSA) is 62.3 Å². The Bertz CT molecular complexity index is 583. The van der Waals surface area contributed by atoms with E-state index >= 15 is 0 Å². The Hall–Kier alpha value is -2.23. The van der Waals surface area contributed by atoms with Crippen LogP contribution in [0.15, 0.2) is 36.4 Å². The molecule has 2 aromatic rings. The van der Waals surface area contributed by atoms with E-state index in [1.807, 2.05) is 19.1 Å². The molecule has 2 N–H and O–H groups in total. The molecule has 0 unspecified atom stereocenters. The van der Waals surface area contributed by atoms with Gasteiger partial charge in [-0.1, -0.05) is 24.8 Å². The van der Waals surface area contributed by atoms with E-state index in [-0.39, 0.29) is 11.4 Å². The van der Waals surface area contributed by atoms with Gasteiger partial charge in [-0.15, -0.1) is 0 Å². The molecule has 0 amide bonds. The van der Waals surface area contributed by atoms with Gasteiger partial charge in [-0.25, -0.2) is 4.79 Å². The molecule has 0 aliphatic carbocycles. The van der Waals surface area contributed by atoms with Crippen LogP contribution in [0.5, 0.6) is 5.88 Å². The zero-order valence-electron chi connectivity index (χ0n) is 9.49. The number of nitrogens with one attached hydrogen (secondary N) is 1. The van der Waals surface area contributed by atoms with Crippen LogP contribution in [0.4, 0.5) is 0 Å². The Labute approximate surface area is 98.5 Å². The summed E-state index contributed by atoms with van der Waals surface area (Å²) in [5.74, 6) is -0.721. The maximum atomic E-state index is 11.2. The predicted octanol–water partition coefficient (Wildman–Crippen LogP) is 2.82. The first-order chi connectivity index (χ1) is 8.09. The van der Waals surface area contributed by atoms with Crippen molar-refractivity contribution in [2.24, 2.45) is 0 Å². The maximum Gasteiger partial charge on any atom is 0.341 e. The van der Waals surface area contributed by atoms with Crippen molar-refractivity contribution in [3.63, 3.8) is 0 Å². The summed E-state index contributed by atoms with van der Waals surface area (Å²) < 4.78 is 5.41. The molecule has 0 saturated heterocycles. The van der Waals surface area contributed by atoms with Gasteiger partial charge in [0.25, 0.3) is 0 Å². The van der Waals surface area contributed by atoms with E-state index in [4.69, 9.17) is 4.74 Å². The summed E-state index contributed by atoms with van der Waals surface area (Å²) in [6.45, 7) is 5.83. The first-order valence-electron chi connectivity index (χ1n) is 5.20. The number of aromatic amines is 1. The normalized spacial score (nSPS) is 10.4. The van der Waals surface area contributed by atoms with Crippen molar-refractivity contribution in [3.8, 4) is 5.88 Å². The van der Waals surface area contributed by atoms with Crippen LogP contribution in [0.2, 0.25) is 0 Å². The lowest BCUT2D eigenvalue weighted by atomic mass is 10.2. The van der Waals surface area contributed by atoms with Gasteiger partial charge in [0.1, 0.15) is 12.2 Å². The van der Waals surface area contributed by atoms with E-state index in [1.54, 1.807) is 12.1 Å². The van der Waals surface area contributed by atoms with E-state index in [0.717, 1.165) is 11.1 Å². The van der Waals surface area contributed by atoms with E-state index in [1.165, 1.54) is 0 Å². The lowest BCUT2D eigenvalue weighted by molar-refractivity contribution is 0.0695. The molecule has 17 heavy (non-hydrogen) atoms. The van der Waals surface area contributed by atoms with Crippen molar-refractivity contribution < 1.29 is 14.6 Å². The number of fused-ring (bicyclic) bond motifs is 1. The van der Waals surface area contributed by atoms with E-state index in [9.17, 15) is 9.90 Å². The molecule has 4 nitrogen and oxygen atoms in total. The fourth-order valence-corrected chi connectivity index (χ4v) is 1.63. The Morgan fingerprint density at radius 3 is 2.82 bits per heavy atom. The molecule has 88 valence electrons. The molecule has 0 aliphatic heterocycles. The minimum atomic E-state index is -1.00.